The first-order chi connectivity index (χ1) is 7.36. The standard InChI is InChI=1S/C13H12O2/c14-13(12-7-4-8-12)10-15-9-11-5-2-1-3-6-11/h1-8H,9-10H2. The maximum atomic E-state index is 11.4. The summed E-state index contributed by atoms with van der Waals surface area (Å²) in [7, 11) is 0. The SMILES string of the molecule is O=C(COCc1ccccc1)C1=CC=C1. The molecule has 0 aromatic heterocycles. The van der Waals surface area contributed by atoms with Crippen LogP contribution in [0.4, 0.5) is 0 Å². The molecule has 0 unspecified atom stereocenters. The third-order valence-corrected chi connectivity index (χ3v) is 2.22. The molecule has 0 saturated heterocycles. The van der Waals surface area contributed by atoms with Gasteiger partial charge in [-0.05, 0) is 5.56 Å². The van der Waals surface area contributed by atoms with Crippen molar-refractivity contribution in [2.24, 2.45) is 0 Å². The molecule has 0 fully saturated rings. The lowest BCUT2D eigenvalue weighted by atomic mass is 10.1. The van der Waals surface area contributed by atoms with Crippen LogP contribution < -0.4 is 0 Å². The van der Waals surface area contributed by atoms with E-state index in [2.05, 4.69) is 0 Å². The molecule has 0 aliphatic heterocycles. The Hall–Kier alpha value is -1.67. The monoisotopic (exact) mass is 200 g/mol. The summed E-state index contributed by atoms with van der Waals surface area (Å²) in [4.78, 5) is 11.4. The first-order valence-electron chi connectivity index (χ1n) is 4.89. The van der Waals surface area contributed by atoms with Crippen LogP contribution in [0.25, 0.3) is 0 Å². The Morgan fingerprint density at radius 2 is 1.93 bits per heavy atom. The Balaban J connectivity index is 1.73. The van der Waals surface area contributed by atoms with Crippen molar-refractivity contribution >= 4 is 5.78 Å². The first kappa shape index (κ1) is 9.87. The van der Waals surface area contributed by atoms with E-state index in [9.17, 15) is 4.79 Å². The van der Waals surface area contributed by atoms with Crippen molar-refractivity contribution in [2.75, 3.05) is 6.61 Å². The summed E-state index contributed by atoms with van der Waals surface area (Å²) in [6, 6.07) is 9.83. The second-order valence-corrected chi connectivity index (χ2v) is 3.38. The van der Waals surface area contributed by atoms with E-state index in [1.807, 2.05) is 36.4 Å². The minimum Gasteiger partial charge on any atom is -0.369 e. The summed E-state index contributed by atoms with van der Waals surface area (Å²) in [5, 5.41) is 0. The maximum absolute atomic E-state index is 11.4. The molecule has 0 amide bonds. The number of allylic oxidation sites excluding steroid dienone is 3. The van der Waals surface area contributed by atoms with Gasteiger partial charge in [-0.1, -0.05) is 48.6 Å². The minimum absolute atomic E-state index is 0.0495. The average molecular weight is 200 g/mol. The van der Waals surface area contributed by atoms with Crippen LogP contribution in [-0.4, -0.2) is 12.4 Å². The largest absolute Gasteiger partial charge is 0.369 e. The van der Waals surface area contributed by atoms with Gasteiger partial charge in [0.15, 0.2) is 5.78 Å². The molecule has 2 heteroatoms. The zero-order valence-electron chi connectivity index (χ0n) is 8.35. The Morgan fingerprint density at radius 3 is 2.53 bits per heavy atom. The molecule has 1 aromatic rings. The van der Waals surface area contributed by atoms with Crippen LogP contribution >= 0.6 is 0 Å². The molecular formula is C13H12O2. The lowest BCUT2D eigenvalue weighted by Gasteiger charge is -2.07. The van der Waals surface area contributed by atoms with E-state index in [0.29, 0.717) is 6.61 Å². The highest BCUT2D eigenvalue weighted by Gasteiger charge is 2.09. The predicted molar refractivity (Wildman–Crippen MR) is 58.3 cm³/mol. The molecule has 15 heavy (non-hydrogen) atoms. The number of benzene rings is 1. The minimum atomic E-state index is 0.0495. The Labute approximate surface area is 88.9 Å². The van der Waals surface area contributed by atoms with Gasteiger partial charge in [-0.3, -0.25) is 4.79 Å². The number of carbonyl (C=O) groups is 1. The van der Waals surface area contributed by atoms with Crippen LogP contribution in [0.15, 0.2) is 54.1 Å². The second kappa shape index (κ2) is 4.71. The summed E-state index contributed by atoms with van der Waals surface area (Å²) in [6.45, 7) is 0.647. The lowest BCUT2D eigenvalue weighted by Crippen LogP contribution is -2.12. The van der Waals surface area contributed by atoms with Crippen molar-refractivity contribution in [3.05, 3.63) is 59.7 Å². The molecule has 1 aliphatic rings. The lowest BCUT2D eigenvalue weighted by molar-refractivity contribution is -0.120. The van der Waals surface area contributed by atoms with Crippen LogP contribution in [0.1, 0.15) is 5.56 Å². The van der Waals surface area contributed by atoms with Gasteiger partial charge in [0.2, 0.25) is 0 Å². The number of ether oxygens (including phenoxy) is 1. The molecule has 1 aromatic carbocycles. The van der Waals surface area contributed by atoms with E-state index in [0.717, 1.165) is 11.1 Å². The molecule has 0 saturated carbocycles. The van der Waals surface area contributed by atoms with Gasteiger partial charge < -0.3 is 4.74 Å². The smallest absolute Gasteiger partial charge is 0.188 e. The molecule has 0 spiro atoms. The van der Waals surface area contributed by atoms with Gasteiger partial charge in [0, 0.05) is 5.57 Å². The molecule has 0 atom stereocenters. The van der Waals surface area contributed by atoms with Crippen LogP contribution in [0.5, 0.6) is 0 Å². The average Bonchev–Trinajstić information content (AvgIpc) is 2.16. The van der Waals surface area contributed by atoms with E-state index < -0.39 is 0 Å². The van der Waals surface area contributed by atoms with Crippen molar-refractivity contribution in [2.45, 2.75) is 6.61 Å². The van der Waals surface area contributed by atoms with Gasteiger partial charge in [-0.25, -0.2) is 0 Å². The zero-order chi connectivity index (χ0) is 10.5. The van der Waals surface area contributed by atoms with Crippen molar-refractivity contribution in [3.8, 4) is 0 Å². The number of rotatable bonds is 5. The highest BCUT2D eigenvalue weighted by molar-refractivity contribution is 6.01. The topological polar surface area (TPSA) is 26.3 Å². The van der Waals surface area contributed by atoms with Gasteiger partial charge in [-0.15, -0.1) is 0 Å². The fourth-order valence-corrected chi connectivity index (χ4v) is 1.30. The van der Waals surface area contributed by atoms with Crippen molar-refractivity contribution in [3.63, 3.8) is 0 Å². The zero-order valence-corrected chi connectivity index (χ0v) is 8.35. The molecule has 0 heterocycles. The second-order valence-electron chi connectivity index (χ2n) is 3.38. The Bertz CT molecular complexity index is 402. The first-order valence-corrected chi connectivity index (χ1v) is 4.89. The maximum Gasteiger partial charge on any atom is 0.188 e. The van der Waals surface area contributed by atoms with Gasteiger partial charge in [0.05, 0.1) is 6.61 Å². The van der Waals surface area contributed by atoms with Crippen molar-refractivity contribution in [1.82, 2.24) is 0 Å². The molecule has 2 nitrogen and oxygen atoms in total. The van der Waals surface area contributed by atoms with Gasteiger partial charge in [-0.2, -0.15) is 0 Å². The van der Waals surface area contributed by atoms with E-state index in [4.69, 9.17) is 4.74 Å². The number of ketones is 1. The van der Waals surface area contributed by atoms with Gasteiger partial charge in [0.25, 0.3) is 0 Å². The Morgan fingerprint density at radius 1 is 1.20 bits per heavy atom. The number of carbonyl (C=O) groups excluding carboxylic acids is 1. The Kier molecular flexibility index (Phi) is 3.10. The molecule has 2 rings (SSSR count). The molecule has 0 radical (unpaired) electrons. The van der Waals surface area contributed by atoms with Gasteiger partial charge >= 0.3 is 0 Å². The van der Waals surface area contributed by atoms with Crippen LogP contribution in [0.2, 0.25) is 0 Å². The van der Waals surface area contributed by atoms with E-state index >= 15 is 0 Å². The summed E-state index contributed by atoms with van der Waals surface area (Å²) < 4.78 is 5.31. The number of hydrogen-bond acceptors (Lipinski definition) is 2. The molecule has 76 valence electrons. The highest BCUT2D eigenvalue weighted by atomic mass is 16.5. The van der Waals surface area contributed by atoms with Gasteiger partial charge in [0.1, 0.15) is 6.61 Å². The number of Topliss-reactive ketones (excluding diaryl/α,β-unsaturated/α-hetero) is 1. The fraction of sp³-hybridized carbons (Fsp3) is 0.154. The fourth-order valence-electron chi connectivity index (χ4n) is 1.30. The van der Waals surface area contributed by atoms with E-state index in [1.165, 1.54) is 0 Å². The molecule has 1 aliphatic carbocycles. The van der Waals surface area contributed by atoms with Crippen LogP contribution in [0, 0.1) is 0 Å². The summed E-state index contributed by atoms with van der Waals surface area (Å²) in [6.07, 6.45) is 5.45. The van der Waals surface area contributed by atoms with E-state index in [1.54, 1.807) is 12.2 Å². The summed E-state index contributed by atoms with van der Waals surface area (Å²) in [5.41, 5.74) is 1.84. The normalized spacial score (nSPS) is 13.2. The third kappa shape index (κ3) is 2.64. The third-order valence-electron chi connectivity index (χ3n) is 2.22. The highest BCUT2D eigenvalue weighted by Crippen LogP contribution is 2.09. The summed E-state index contributed by atoms with van der Waals surface area (Å²) in [5.74, 6) is 0.0495. The molecule has 0 N–H and O–H groups in total. The van der Waals surface area contributed by atoms with E-state index in [-0.39, 0.29) is 12.4 Å². The van der Waals surface area contributed by atoms with Crippen molar-refractivity contribution < 1.29 is 9.53 Å². The van der Waals surface area contributed by atoms with Crippen molar-refractivity contribution in [1.29, 1.82) is 0 Å². The van der Waals surface area contributed by atoms with Crippen LogP contribution in [-0.2, 0) is 16.1 Å². The number of hydrogen-bond donors (Lipinski definition) is 0. The quantitative estimate of drug-likeness (QED) is 0.728. The molecule has 0 bridgehead atoms. The predicted octanol–water partition coefficient (Wildman–Crippen LogP) is 2.27. The molecular weight excluding hydrogens is 188 g/mol. The summed E-state index contributed by atoms with van der Waals surface area (Å²) >= 11 is 0. The van der Waals surface area contributed by atoms with Crippen LogP contribution in [0.3, 0.4) is 0 Å².